The summed E-state index contributed by atoms with van der Waals surface area (Å²) in [6.45, 7) is 3.89. The second kappa shape index (κ2) is 5.28. The molecule has 0 bridgehead atoms. The summed E-state index contributed by atoms with van der Waals surface area (Å²) in [4.78, 5) is 19.1. The van der Waals surface area contributed by atoms with Gasteiger partial charge in [-0.3, -0.25) is 9.79 Å². The minimum absolute atomic E-state index is 0.0588. The normalized spacial score (nSPS) is 17.7. The Morgan fingerprint density at radius 1 is 1.38 bits per heavy atom. The largest absolute Gasteiger partial charge is 0.495 e. The van der Waals surface area contributed by atoms with E-state index < -0.39 is 0 Å². The van der Waals surface area contributed by atoms with Gasteiger partial charge in [0.25, 0.3) is 0 Å². The average molecular weight is 320 g/mol. The number of hydrogen-bond donors (Lipinski definition) is 0. The number of fused-ring (bicyclic) bond motifs is 1. The standard InChI is InChI=1S/C16H14ClNO2S/c1-8-6-10-12(18-8)7-11(17)16(20-3)14(10)15(19)13-5-4-9(2)21-13/h4-6H,7H2,1-3H3. The van der Waals surface area contributed by atoms with Gasteiger partial charge in [0, 0.05) is 22.6 Å². The lowest BCUT2D eigenvalue weighted by molar-refractivity contribution is 0.103. The van der Waals surface area contributed by atoms with Crippen molar-refractivity contribution in [3.05, 3.63) is 55.6 Å². The lowest BCUT2D eigenvalue weighted by atomic mass is 9.91. The van der Waals surface area contributed by atoms with Crippen LogP contribution in [0.15, 0.2) is 50.8 Å². The Balaban J connectivity index is 2.17. The SMILES string of the molecule is COC1=C(Cl)CC2=NC(C)=CC2=C1C(=O)c1ccc(C)s1. The molecule has 0 radical (unpaired) electrons. The predicted octanol–water partition coefficient (Wildman–Crippen LogP) is 4.39. The molecule has 0 saturated heterocycles. The van der Waals surface area contributed by atoms with Crippen LogP contribution in [0, 0.1) is 6.92 Å². The van der Waals surface area contributed by atoms with E-state index in [0.29, 0.717) is 27.7 Å². The molecule has 108 valence electrons. The van der Waals surface area contributed by atoms with Gasteiger partial charge in [-0.2, -0.15) is 0 Å². The molecule has 1 aromatic rings. The molecule has 0 atom stereocenters. The van der Waals surface area contributed by atoms with Crippen LogP contribution in [-0.4, -0.2) is 18.6 Å². The maximum atomic E-state index is 12.9. The van der Waals surface area contributed by atoms with Gasteiger partial charge in [0.1, 0.15) is 5.76 Å². The molecule has 2 heterocycles. The van der Waals surface area contributed by atoms with Crippen molar-refractivity contribution in [3.63, 3.8) is 0 Å². The summed E-state index contributed by atoms with van der Waals surface area (Å²) < 4.78 is 5.40. The van der Waals surface area contributed by atoms with Gasteiger partial charge in [0.2, 0.25) is 5.78 Å². The molecule has 0 amide bonds. The molecular formula is C16H14ClNO2S. The minimum atomic E-state index is -0.0588. The molecule has 2 aliphatic rings. The number of carbonyl (C=O) groups excluding carboxylic acids is 1. The number of nitrogens with zero attached hydrogens (tertiary/aromatic N) is 1. The number of thiophene rings is 1. The van der Waals surface area contributed by atoms with Gasteiger partial charge in [0.05, 0.1) is 28.3 Å². The van der Waals surface area contributed by atoms with Gasteiger partial charge in [0.15, 0.2) is 0 Å². The van der Waals surface area contributed by atoms with Crippen molar-refractivity contribution in [2.75, 3.05) is 7.11 Å². The average Bonchev–Trinajstić information content (AvgIpc) is 3.01. The molecule has 1 aliphatic carbocycles. The number of hydrogen-bond acceptors (Lipinski definition) is 4. The lowest BCUT2D eigenvalue weighted by Crippen LogP contribution is -2.18. The Hall–Kier alpha value is -1.65. The molecule has 5 heteroatoms. The molecule has 21 heavy (non-hydrogen) atoms. The van der Waals surface area contributed by atoms with Crippen LogP contribution in [0.5, 0.6) is 0 Å². The molecule has 0 N–H and O–H groups in total. The molecule has 3 rings (SSSR count). The zero-order chi connectivity index (χ0) is 15.1. The number of allylic oxidation sites excluding steroid dienone is 5. The first-order valence-corrected chi connectivity index (χ1v) is 7.75. The van der Waals surface area contributed by atoms with E-state index in [2.05, 4.69) is 4.99 Å². The topological polar surface area (TPSA) is 38.7 Å². The molecule has 0 saturated carbocycles. The Bertz CT molecular complexity index is 765. The fourth-order valence-electron chi connectivity index (χ4n) is 2.55. The molecule has 3 nitrogen and oxygen atoms in total. The molecule has 1 aromatic heterocycles. The van der Waals surface area contributed by atoms with E-state index >= 15 is 0 Å². The second-order valence-corrected chi connectivity index (χ2v) is 6.73. The third kappa shape index (κ3) is 2.39. The highest BCUT2D eigenvalue weighted by Crippen LogP contribution is 2.38. The van der Waals surface area contributed by atoms with Crippen molar-refractivity contribution in [2.24, 2.45) is 4.99 Å². The fourth-order valence-corrected chi connectivity index (χ4v) is 3.66. The van der Waals surface area contributed by atoms with E-state index in [-0.39, 0.29) is 5.78 Å². The van der Waals surface area contributed by atoms with E-state index in [4.69, 9.17) is 16.3 Å². The lowest BCUT2D eigenvalue weighted by Gasteiger charge is -2.20. The first kappa shape index (κ1) is 14.3. The Morgan fingerprint density at radius 2 is 2.14 bits per heavy atom. The summed E-state index contributed by atoms with van der Waals surface area (Å²) in [7, 11) is 1.54. The maximum Gasteiger partial charge on any atom is 0.207 e. The molecule has 1 aliphatic heterocycles. The van der Waals surface area contributed by atoms with Crippen LogP contribution >= 0.6 is 22.9 Å². The summed E-state index contributed by atoms with van der Waals surface area (Å²) in [5.74, 6) is 0.407. The first-order chi connectivity index (χ1) is 10.0. The van der Waals surface area contributed by atoms with E-state index in [1.165, 1.54) is 11.3 Å². The van der Waals surface area contributed by atoms with Gasteiger partial charge < -0.3 is 4.74 Å². The summed E-state index contributed by atoms with van der Waals surface area (Å²) >= 11 is 7.77. The van der Waals surface area contributed by atoms with Crippen LogP contribution in [0.3, 0.4) is 0 Å². The number of Topliss-reactive ketones (excluding diaryl/α,β-unsaturated/α-hetero) is 1. The van der Waals surface area contributed by atoms with Gasteiger partial charge >= 0.3 is 0 Å². The zero-order valence-corrected chi connectivity index (χ0v) is 13.6. The van der Waals surface area contributed by atoms with Crippen LogP contribution in [-0.2, 0) is 4.74 Å². The quantitative estimate of drug-likeness (QED) is 0.775. The predicted molar refractivity (Wildman–Crippen MR) is 86.1 cm³/mol. The number of ether oxygens (including phenoxy) is 1. The van der Waals surface area contributed by atoms with E-state index in [1.807, 2.05) is 32.1 Å². The van der Waals surface area contributed by atoms with Crippen LogP contribution in [0.4, 0.5) is 0 Å². The molecule has 0 spiro atoms. The molecule has 0 fully saturated rings. The molecule has 0 aromatic carbocycles. The number of rotatable bonds is 3. The van der Waals surface area contributed by atoms with Crippen molar-refractivity contribution in [2.45, 2.75) is 20.3 Å². The van der Waals surface area contributed by atoms with Gasteiger partial charge in [-0.1, -0.05) is 11.6 Å². The molecular weight excluding hydrogens is 306 g/mol. The maximum absolute atomic E-state index is 12.9. The van der Waals surface area contributed by atoms with Crippen molar-refractivity contribution in [1.29, 1.82) is 0 Å². The summed E-state index contributed by atoms with van der Waals surface area (Å²) in [6.07, 6.45) is 2.43. The molecule has 0 unspecified atom stereocenters. The Labute approximate surface area is 132 Å². The van der Waals surface area contributed by atoms with Crippen LogP contribution < -0.4 is 0 Å². The third-order valence-corrected chi connectivity index (χ3v) is 4.74. The van der Waals surface area contributed by atoms with E-state index in [1.54, 1.807) is 7.11 Å². The summed E-state index contributed by atoms with van der Waals surface area (Å²) in [6, 6.07) is 3.78. The zero-order valence-electron chi connectivity index (χ0n) is 12.0. The highest BCUT2D eigenvalue weighted by atomic mass is 35.5. The number of carbonyl (C=O) groups is 1. The number of methoxy groups -OCH3 is 1. The summed E-state index contributed by atoms with van der Waals surface area (Å²) in [5, 5.41) is 0.528. The Kier molecular flexibility index (Phi) is 3.59. The minimum Gasteiger partial charge on any atom is -0.495 e. The van der Waals surface area contributed by atoms with Gasteiger partial charge in [-0.25, -0.2) is 0 Å². The number of aryl methyl sites for hydroxylation is 1. The van der Waals surface area contributed by atoms with Gasteiger partial charge in [-0.05, 0) is 32.1 Å². The van der Waals surface area contributed by atoms with Crippen molar-refractivity contribution in [3.8, 4) is 0 Å². The van der Waals surface area contributed by atoms with Crippen molar-refractivity contribution >= 4 is 34.4 Å². The van der Waals surface area contributed by atoms with E-state index in [0.717, 1.165) is 21.9 Å². The number of aliphatic imine (C=N–C) groups is 1. The van der Waals surface area contributed by atoms with Crippen LogP contribution in [0.25, 0.3) is 0 Å². The van der Waals surface area contributed by atoms with E-state index in [9.17, 15) is 4.79 Å². The highest BCUT2D eigenvalue weighted by Gasteiger charge is 2.32. The monoisotopic (exact) mass is 319 g/mol. The number of halogens is 1. The fraction of sp³-hybridized carbons (Fsp3) is 0.250. The van der Waals surface area contributed by atoms with Crippen LogP contribution in [0.1, 0.15) is 27.9 Å². The third-order valence-electron chi connectivity index (χ3n) is 3.44. The van der Waals surface area contributed by atoms with Crippen molar-refractivity contribution in [1.82, 2.24) is 0 Å². The Morgan fingerprint density at radius 3 is 2.76 bits per heavy atom. The van der Waals surface area contributed by atoms with Crippen molar-refractivity contribution < 1.29 is 9.53 Å². The second-order valence-electron chi connectivity index (χ2n) is 4.99. The van der Waals surface area contributed by atoms with Crippen LogP contribution in [0.2, 0.25) is 0 Å². The summed E-state index contributed by atoms with van der Waals surface area (Å²) in [5.41, 5.74) is 3.08. The highest BCUT2D eigenvalue weighted by molar-refractivity contribution is 7.14. The first-order valence-electron chi connectivity index (χ1n) is 6.56. The smallest absolute Gasteiger partial charge is 0.207 e. The number of ketones is 1. The van der Waals surface area contributed by atoms with Gasteiger partial charge in [-0.15, -0.1) is 11.3 Å².